The number of nitrogens with two attached hydrogens (primary N) is 1. The summed E-state index contributed by atoms with van der Waals surface area (Å²) in [5, 5.41) is 7.70. The number of halogens is 4. The van der Waals surface area contributed by atoms with Crippen LogP contribution in [0.3, 0.4) is 0 Å². The van der Waals surface area contributed by atoms with E-state index in [9.17, 15) is 22.4 Å². The molecule has 0 fully saturated rings. The summed E-state index contributed by atoms with van der Waals surface area (Å²) in [6.45, 7) is 1.43. The minimum Gasteiger partial charge on any atom is -0.394 e. The molecular weight excluding hydrogens is 450 g/mol. The summed E-state index contributed by atoms with van der Waals surface area (Å²) in [7, 11) is 0. The predicted octanol–water partition coefficient (Wildman–Crippen LogP) is 4.75. The normalized spacial score (nSPS) is 15.3. The average Bonchev–Trinajstić information content (AvgIpc) is 3.26. The SMILES string of the molecule is Cc1cc2[nH]c(=O)c(N)c(-c3ccc(F)c4[nH]ncc34)c2cc1C1=CCN(CC(F)(F)F)CC1. The lowest BCUT2D eigenvalue weighted by Gasteiger charge is -2.28. The number of aryl methyl sites for hydroxylation is 1. The number of nitrogen functional groups attached to an aromatic ring is 1. The molecule has 4 aromatic rings. The first kappa shape index (κ1) is 22.1. The Kier molecular flexibility index (Phi) is 5.20. The highest BCUT2D eigenvalue weighted by Crippen LogP contribution is 2.38. The molecular formula is C24H21F4N5O. The summed E-state index contributed by atoms with van der Waals surface area (Å²) in [5.74, 6) is -0.476. The van der Waals surface area contributed by atoms with Gasteiger partial charge < -0.3 is 10.7 Å². The van der Waals surface area contributed by atoms with E-state index in [-0.39, 0.29) is 24.3 Å². The van der Waals surface area contributed by atoms with Crippen LogP contribution in [-0.4, -0.2) is 45.9 Å². The molecule has 0 spiro atoms. The molecule has 176 valence electrons. The van der Waals surface area contributed by atoms with Crippen LogP contribution in [0.2, 0.25) is 0 Å². The third-order valence-corrected chi connectivity index (χ3v) is 6.27. The van der Waals surface area contributed by atoms with E-state index in [2.05, 4.69) is 15.2 Å². The van der Waals surface area contributed by atoms with Gasteiger partial charge in [0.1, 0.15) is 17.0 Å². The number of anilines is 1. The molecule has 0 unspecified atom stereocenters. The first-order chi connectivity index (χ1) is 16.1. The Labute approximate surface area is 191 Å². The average molecular weight is 471 g/mol. The van der Waals surface area contributed by atoms with Gasteiger partial charge in [0, 0.05) is 34.9 Å². The molecule has 0 amide bonds. The summed E-state index contributed by atoms with van der Waals surface area (Å²) in [6.07, 6.45) is -0.492. The van der Waals surface area contributed by atoms with E-state index in [0.717, 1.165) is 16.7 Å². The molecule has 0 atom stereocenters. The molecule has 6 nitrogen and oxygen atoms in total. The number of nitrogens with one attached hydrogen (secondary N) is 2. The highest BCUT2D eigenvalue weighted by atomic mass is 19.4. The van der Waals surface area contributed by atoms with Gasteiger partial charge in [-0.15, -0.1) is 0 Å². The standard InChI is InChI=1S/C24H21F4N5O/c1-12-8-19-16(9-15(12)13-4-6-33(7-5-13)11-24(26,27)28)20(21(29)23(34)31-19)14-2-3-18(25)22-17(14)10-30-32-22/h2-4,8-10H,5-7,11,29H2,1H3,(H,30,32)(H,31,34). The van der Waals surface area contributed by atoms with Gasteiger partial charge in [0.15, 0.2) is 0 Å². The van der Waals surface area contributed by atoms with E-state index in [1.165, 1.54) is 17.2 Å². The zero-order valence-electron chi connectivity index (χ0n) is 18.2. The number of hydrogen-bond acceptors (Lipinski definition) is 4. The van der Waals surface area contributed by atoms with E-state index >= 15 is 0 Å². The minimum atomic E-state index is -4.24. The minimum absolute atomic E-state index is 0.00890. The maximum Gasteiger partial charge on any atom is 0.401 e. The molecule has 3 heterocycles. The molecule has 4 N–H and O–H groups in total. The largest absolute Gasteiger partial charge is 0.401 e. The van der Waals surface area contributed by atoms with Crippen molar-refractivity contribution in [3.05, 3.63) is 63.8 Å². The van der Waals surface area contributed by atoms with Gasteiger partial charge in [-0.1, -0.05) is 12.1 Å². The molecule has 0 saturated heterocycles. The Hall–Kier alpha value is -3.66. The van der Waals surface area contributed by atoms with E-state index in [1.54, 1.807) is 6.07 Å². The van der Waals surface area contributed by atoms with Gasteiger partial charge in [-0.05, 0) is 53.8 Å². The van der Waals surface area contributed by atoms with Crippen LogP contribution in [0.5, 0.6) is 0 Å². The zero-order valence-corrected chi connectivity index (χ0v) is 18.2. The number of pyridine rings is 1. The quantitative estimate of drug-likeness (QED) is 0.376. The highest BCUT2D eigenvalue weighted by Gasteiger charge is 2.31. The monoisotopic (exact) mass is 471 g/mol. The summed E-state index contributed by atoms with van der Waals surface area (Å²) in [4.78, 5) is 16.8. The number of hydrogen-bond donors (Lipinski definition) is 3. The smallest absolute Gasteiger partial charge is 0.394 e. The second kappa shape index (κ2) is 7.98. The number of nitrogens with zero attached hydrogens (tertiary/aromatic N) is 2. The predicted molar refractivity (Wildman–Crippen MR) is 124 cm³/mol. The number of aromatic amines is 2. The van der Waals surface area contributed by atoms with Crippen molar-refractivity contribution in [3.8, 4) is 11.1 Å². The maximum absolute atomic E-state index is 14.3. The Morgan fingerprint density at radius 1 is 1.18 bits per heavy atom. The summed E-state index contributed by atoms with van der Waals surface area (Å²) >= 11 is 0. The summed E-state index contributed by atoms with van der Waals surface area (Å²) in [5.41, 5.74) is 10.2. The van der Waals surface area contributed by atoms with Crippen LogP contribution in [0.25, 0.3) is 38.5 Å². The van der Waals surface area contributed by atoms with Crippen molar-refractivity contribution in [3.63, 3.8) is 0 Å². The van der Waals surface area contributed by atoms with Crippen LogP contribution in [0.1, 0.15) is 17.5 Å². The molecule has 10 heteroatoms. The van der Waals surface area contributed by atoms with E-state index in [0.29, 0.717) is 33.8 Å². The van der Waals surface area contributed by atoms with Gasteiger partial charge in [-0.2, -0.15) is 18.3 Å². The van der Waals surface area contributed by atoms with Gasteiger partial charge >= 0.3 is 6.18 Å². The molecule has 34 heavy (non-hydrogen) atoms. The number of H-pyrrole nitrogens is 2. The van der Waals surface area contributed by atoms with Crippen LogP contribution in [-0.2, 0) is 0 Å². The van der Waals surface area contributed by atoms with Gasteiger partial charge in [-0.25, -0.2) is 4.39 Å². The highest BCUT2D eigenvalue weighted by molar-refractivity contribution is 6.08. The molecule has 2 aromatic carbocycles. The van der Waals surface area contributed by atoms with E-state index < -0.39 is 24.1 Å². The Bertz CT molecular complexity index is 1520. The van der Waals surface area contributed by atoms with Crippen LogP contribution in [0.15, 0.2) is 41.3 Å². The Morgan fingerprint density at radius 2 is 1.97 bits per heavy atom. The summed E-state index contributed by atoms with van der Waals surface area (Å²) < 4.78 is 52.5. The fourth-order valence-electron chi connectivity index (χ4n) is 4.68. The Balaban J connectivity index is 1.67. The number of fused-ring (bicyclic) bond motifs is 2. The topological polar surface area (TPSA) is 90.8 Å². The van der Waals surface area contributed by atoms with Gasteiger partial charge in [0.2, 0.25) is 0 Å². The van der Waals surface area contributed by atoms with Gasteiger partial charge in [-0.3, -0.25) is 14.8 Å². The third kappa shape index (κ3) is 3.83. The van der Waals surface area contributed by atoms with Gasteiger partial charge in [0.05, 0.1) is 12.7 Å². The van der Waals surface area contributed by atoms with E-state index in [1.807, 2.05) is 25.1 Å². The lowest BCUT2D eigenvalue weighted by atomic mass is 9.90. The van der Waals surface area contributed by atoms with Crippen LogP contribution in [0, 0.1) is 12.7 Å². The van der Waals surface area contributed by atoms with Gasteiger partial charge in [0.25, 0.3) is 5.56 Å². The number of aromatic nitrogens is 3. The first-order valence-corrected chi connectivity index (χ1v) is 10.7. The molecule has 0 bridgehead atoms. The number of alkyl halides is 3. The summed E-state index contributed by atoms with van der Waals surface area (Å²) in [6, 6.07) is 6.57. The third-order valence-electron chi connectivity index (χ3n) is 6.27. The van der Waals surface area contributed by atoms with Crippen molar-refractivity contribution in [1.29, 1.82) is 0 Å². The number of rotatable bonds is 3. The van der Waals surface area contributed by atoms with Crippen molar-refractivity contribution >= 4 is 33.1 Å². The molecule has 0 saturated carbocycles. The van der Waals surface area contributed by atoms with Crippen molar-refractivity contribution in [2.45, 2.75) is 19.5 Å². The van der Waals surface area contributed by atoms with Crippen LogP contribution >= 0.6 is 0 Å². The fraction of sp³-hybridized carbons (Fsp3) is 0.250. The maximum atomic E-state index is 14.3. The lowest BCUT2D eigenvalue weighted by Crippen LogP contribution is -2.37. The lowest BCUT2D eigenvalue weighted by molar-refractivity contribution is -0.144. The molecule has 0 aliphatic carbocycles. The van der Waals surface area contributed by atoms with E-state index in [4.69, 9.17) is 5.73 Å². The first-order valence-electron chi connectivity index (χ1n) is 10.7. The molecule has 2 aromatic heterocycles. The van der Waals surface area contributed by atoms with Crippen molar-refractivity contribution < 1.29 is 17.6 Å². The fourth-order valence-corrected chi connectivity index (χ4v) is 4.68. The molecule has 0 radical (unpaired) electrons. The van der Waals surface area contributed by atoms with Crippen molar-refractivity contribution in [2.24, 2.45) is 0 Å². The van der Waals surface area contributed by atoms with Crippen LogP contribution in [0.4, 0.5) is 23.2 Å². The molecule has 1 aliphatic heterocycles. The van der Waals surface area contributed by atoms with Crippen molar-refractivity contribution in [2.75, 3.05) is 25.4 Å². The Morgan fingerprint density at radius 3 is 2.68 bits per heavy atom. The van der Waals surface area contributed by atoms with Crippen LogP contribution < -0.4 is 11.3 Å². The zero-order chi connectivity index (χ0) is 24.2. The second-order valence-electron chi connectivity index (χ2n) is 8.54. The molecule has 5 rings (SSSR count). The van der Waals surface area contributed by atoms with Crippen molar-refractivity contribution in [1.82, 2.24) is 20.1 Å². The molecule has 1 aliphatic rings. The second-order valence-corrected chi connectivity index (χ2v) is 8.54. The number of benzene rings is 2.